The molecule has 30 heavy (non-hydrogen) atoms. The Morgan fingerprint density at radius 1 is 1.13 bits per heavy atom. The second-order valence-electron chi connectivity index (χ2n) is 7.10. The van der Waals surface area contributed by atoms with Crippen LogP contribution in [0.1, 0.15) is 30.1 Å². The normalized spacial score (nSPS) is 11.9. The third-order valence-corrected chi connectivity index (χ3v) is 5.05. The number of aromatic nitrogens is 2. The zero-order chi connectivity index (χ0) is 21.1. The van der Waals surface area contributed by atoms with Gasteiger partial charge in [-0.3, -0.25) is 4.79 Å². The minimum Gasteiger partial charge on any atom is -0.467 e. The van der Waals surface area contributed by atoms with Gasteiger partial charge in [0.2, 0.25) is 0 Å². The van der Waals surface area contributed by atoms with E-state index in [1.165, 1.54) is 0 Å². The number of H-pyrrole nitrogens is 1. The van der Waals surface area contributed by atoms with Gasteiger partial charge >= 0.3 is 6.03 Å². The van der Waals surface area contributed by atoms with Crippen molar-refractivity contribution in [3.8, 4) is 0 Å². The number of para-hydroxylation sites is 2. The molecule has 0 aliphatic rings. The second kappa shape index (κ2) is 8.24. The predicted molar refractivity (Wildman–Crippen MR) is 115 cm³/mol. The van der Waals surface area contributed by atoms with Crippen molar-refractivity contribution in [2.24, 2.45) is 0 Å². The number of hydrogen-bond donors (Lipinski definition) is 2. The molecule has 2 N–H and O–H groups in total. The summed E-state index contributed by atoms with van der Waals surface area (Å²) in [5, 5.41) is 3.46. The Bertz CT molecular complexity index is 1230. The summed E-state index contributed by atoms with van der Waals surface area (Å²) in [6.45, 7) is 3.98. The number of furan rings is 1. The fraction of sp³-hybridized carbons (Fsp3) is 0.174. The fourth-order valence-corrected chi connectivity index (χ4v) is 3.31. The van der Waals surface area contributed by atoms with Crippen molar-refractivity contribution >= 4 is 22.6 Å². The molecule has 4 aromatic rings. The molecule has 152 valence electrons. The van der Waals surface area contributed by atoms with Crippen LogP contribution in [0.2, 0.25) is 0 Å². The zero-order valence-corrected chi connectivity index (χ0v) is 16.8. The first kappa shape index (κ1) is 19.4. The summed E-state index contributed by atoms with van der Waals surface area (Å²) in [4.78, 5) is 34.7. The van der Waals surface area contributed by atoms with E-state index in [-0.39, 0.29) is 18.1 Å². The molecular weight excluding hydrogens is 380 g/mol. The van der Waals surface area contributed by atoms with Gasteiger partial charge in [0.15, 0.2) is 0 Å². The van der Waals surface area contributed by atoms with Crippen LogP contribution in [0.25, 0.3) is 10.9 Å². The average Bonchev–Trinajstić information content (AvgIpc) is 3.26. The minimum absolute atomic E-state index is 0.225. The number of rotatable bonds is 5. The lowest BCUT2D eigenvalue weighted by molar-refractivity contribution is 0.180. The smallest absolute Gasteiger partial charge is 0.322 e. The van der Waals surface area contributed by atoms with Crippen molar-refractivity contribution in [1.29, 1.82) is 0 Å². The molecule has 0 radical (unpaired) electrons. The second-order valence-corrected chi connectivity index (χ2v) is 7.10. The first-order chi connectivity index (χ1) is 14.5. The van der Waals surface area contributed by atoms with Crippen LogP contribution in [0.3, 0.4) is 0 Å². The molecule has 7 nitrogen and oxygen atoms in total. The molecule has 0 aliphatic heterocycles. The van der Waals surface area contributed by atoms with Crippen molar-refractivity contribution in [2.45, 2.75) is 26.4 Å². The molecule has 0 fully saturated rings. The highest BCUT2D eigenvalue weighted by molar-refractivity contribution is 5.90. The molecule has 2 aromatic heterocycles. The van der Waals surface area contributed by atoms with E-state index in [1.807, 2.05) is 44.2 Å². The van der Waals surface area contributed by atoms with E-state index in [4.69, 9.17) is 4.42 Å². The number of hydrogen-bond acceptors (Lipinski definition) is 4. The Kier molecular flexibility index (Phi) is 5.34. The lowest BCUT2D eigenvalue weighted by atomic mass is 10.2. The van der Waals surface area contributed by atoms with Gasteiger partial charge in [-0.25, -0.2) is 9.78 Å². The number of nitrogens with zero attached hydrogens (tertiary/aromatic N) is 2. The Morgan fingerprint density at radius 3 is 2.67 bits per heavy atom. The third-order valence-electron chi connectivity index (χ3n) is 5.05. The van der Waals surface area contributed by atoms with Gasteiger partial charge in [0.25, 0.3) is 5.56 Å². The van der Waals surface area contributed by atoms with E-state index in [0.717, 1.165) is 11.3 Å². The molecule has 1 unspecified atom stereocenters. The standard InChI is InChI=1S/C23H22N4O3/c1-15-8-3-5-11-19(15)25-23(29)27(14-17-9-7-13-30-17)16(2)21-24-20-12-6-4-10-18(20)22(28)26-21/h3-13,16H,14H2,1-2H3,(H,25,29)(H,24,26,28). The number of nitrogens with one attached hydrogen (secondary N) is 2. The van der Waals surface area contributed by atoms with Gasteiger partial charge in [0, 0.05) is 5.69 Å². The van der Waals surface area contributed by atoms with Crippen molar-refractivity contribution in [3.63, 3.8) is 0 Å². The summed E-state index contributed by atoms with van der Waals surface area (Å²) >= 11 is 0. The molecule has 0 saturated carbocycles. The summed E-state index contributed by atoms with van der Waals surface area (Å²) in [6, 6.07) is 17.4. The molecule has 2 aromatic carbocycles. The predicted octanol–water partition coefficient (Wildman–Crippen LogP) is 4.62. The monoisotopic (exact) mass is 402 g/mol. The van der Waals surface area contributed by atoms with Crippen molar-refractivity contribution < 1.29 is 9.21 Å². The Hall–Kier alpha value is -3.87. The van der Waals surface area contributed by atoms with Crippen molar-refractivity contribution in [3.05, 3.63) is 94.4 Å². The number of aryl methyl sites for hydroxylation is 1. The van der Waals surface area contributed by atoms with Crippen LogP contribution in [0.5, 0.6) is 0 Å². The summed E-state index contributed by atoms with van der Waals surface area (Å²) in [6.07, 6.45) is 1.56. The average molecular weight is 402 g/mol. The Balaban J connectivity index is 1.69. The highest BCUT2D eigenvalue weighted by Gasteiger charge is 2.25. The molecule has 0 aliphatic carbocycles. The van der Waals surface area contributed by atoms with Gasteiger partial charge < -0.3 is 19.6 Å². The quantitative estimate of drug-likeness (QED) is 0.510. The molecule has 2 heterocycles. The maximum Gasteiger partial charge on any atom is 0.322 e. The van der Waals surface area contributed by atoms with E-state index < -0.39 is 6.04 Å². The van der Waals surface area contributed by atoms with Gasteiger partial charge in [-0.1, -0.05) is 30.3 Å². The maximum absolute atomic E-state index is 13.2. The SMILES string of the molecule is Cc1ccccc1NC(=O)N(Cc1ccco1)C(C)c1nc2ccccc2c(=O)[nH]1. The number of amides is 2. The number of benzene rings is 2. The van der Waals surface area contributed by atoms with Gasteiger partial charge in [0.1, 0.15) is 11.6 Å². The lowest BCUT2D eigenvalue weighted by Gasteiger charge is -2.28. The van der Waals surface area contributed by atoms with Gasteiger partial charge in [-0.2, -0.15) is 0 Å². The van der Waals surface area contributed by atoms with Crippen molar-refractivity contribution in [1.82, 2.24) is 14.9 Å². The highest BCUT2D eigenvalue weighted by atomic mass is 16.3. The molecule has 4 rings (SSSR count). The van der Waals surface area contributed by atoms with Crippen LogP contribution in [0.4, 0.5) is 10.5 Å². The van der Waals surface area contributed by atoms with Crippen LogP contribution in [0, 0.1) is 6.92 Å². The van der Waals surface area contributed by atoms with E-state index in [9.17, 15) is 9.59 Å². The lowest BCUT2D eigenvalue weighted by Crippen LogP contribution is -2.38. The zero-order valence-electron chi connectivity index (χ0n) is 16.8. The minimum atomic E-state index is -0.503. The first-order valence-corrected chi connectivity index (χ1v) is 9.67. The topological polar surface area (TPSA) is 91.2 Å². The summed E-state index contributed by atoms with van der Waals surface area (Å²) in [5.41, 5.74) is 2.02. The molecule has 0 saturated heterocycles. The number of carbonyl (C=O) groups excluding carboxylic acids is 1. The number of carbonyl (C=O) groups is 1. The van der Waals surface area contributed by atoms with Gasteiger partial charge in [0.05, 0.1) is 29.8 Å². The molecule has 1 atom stereocenters. The number of anilines is 1. The fourth-order valence-electron chi connectivity index (χ4n) is 3.31. The van der Waals surface area contributed by atoms with E-state index in [1.54, 1.807) is 41.5 Å². The summed E-state index contributed by atoms with van der Waals surface area (Å²) < 4.78 is 5.45. The molecule has 0 bridgehead atoms. The van der Waals surface area contributed by atoms with Crippen LogP contribution < -0.4 is 10.9 Å². The van der Waals surface area contributed by atoms with Crippen LogP contribution in [0.15, 0.2) is 76.1 Å². The number of aromatic amines is 1. The van der Waals surface area contributed by atoms with Gasteiger partial charge in [-0.15, -0.1) is 0 Å². The first-order valence-electron chi connectivity index (χ1n) is 9.67. The highest BCUT2D eigenvalue weighted by Crippen LogP contribution is 2.23. The van der Waals surface area contributed by atoms with Crippen LogP contribution >= 0.6 is 0 Å². The Labute approximate surface area is 173 Å². The summed E-state index contributed by atoms with van der Waals surface area (Å²) in [5.74, 6) is 1.04. The molecular formula is C23H22N4O3. The summed E-state index contributed by atoms with van der Waals surface area (Å²) in [7, 11) is 0. The van der Waals surface area contributed by atoms with Crippen LogP contribution in [-0.4, -0.2) is 20.9 Å². The van der Waals surface area contributed by atoms with Gasteiger partial charge in [-0.05, 0) is 49.7 Å². The van der Waals surface area contributed by atoms with Crippen LogP contribution in [-0.2, 0) is 6.54 Å². The number of urea groups is 1. The Morgan fingerprint density at radius 2 is 1.90 bits per heavy atom. The number of fused-ring (bicyclic) bond motifs is 1. The molecule has 7 heteroatoms. The van der Waals surface area contributed by atoms with E-state index in [2.05, 4.69) is 15.3 Å². The molecule has 2 amide bonds. The third kappa shape index (κ3) is 3.96. The van der Waals surface area contributed by atoms with E-state index >= 15 is 0 Å². The van der Waals surface area contributed by atoms with E-state index in [0.29, 0.717) is 22.5 Å². The molecule has 0 spiro atoms. The maximum atomic E-state index is 13.2. The largest absolute Gasteiger partial charge is 0.467 e. The van der Waals surface area contributed by atoms with Crippen molar-refractivity contribution in [2.75, 3.05) is 5.32 Å².